The fourth-order valence-electron chi connectivity index (χ4n) is 3.30. The van der Waals surface area contributed by atoms with Gasteiger partial charge >= 0.3 is 0 Å². The van der Waals surface area contributed by atoms with Crippen LogP contribution in [-0.2, 0) is 17.6 Å². The van der Waals surface area contributed by atoms with Crippen LogP contribution in [0, 0.1) is 17.7 Å². The van der Waals surface area contributed by atoms with Crippen molar-refractivity contribution >= 4 is 5.91 Å². The van der Waals surface area contributed by atoms with E-state index in [1.807, 2.05) is 6.07 Å². The number of aromatic amines is 1. The first-order valence-electron chi connectivity index (χ1n) is 8.30. The lowest BCUT2D eigenvalue weighted by atomic mass is 9.85. The molecule has 0 aliphatic heterocycles. The van der Waals surface area contributed by atoms with Crippen LogP contribution in [0.1, 0.15) is 30.5 Å². The zero-order chi connectivity index (χ0) is 15.8. The number of carbonyl (C=O) groups is 1. The van der Waals surface area contributed by atoms with Crippen molar-refractivity contribution in [3.63, 3.8) is 0 Å². The highest BCUT2D eigenvalue weighted by atomic mass is 19.1. The number of amides is 1. The van der Waals surface area contributed by atoms with E-state index >= 15 is 0 Å². The van der Waals surface area contributed by atoms with E-state index in [-0.39, 0.29) is 17.6 Å². The summed E-state index contributed by atoms with van der Waals surface area (Å²) in [6, 6.07) is 6.47. The van der Waals surface area contributed by atoms with E-state index in [2.05, 4.69) is 15.5 Å². The van der Waals surface area contributed by atoms with E-state index in [1.165, 1.54) is 25.0 Å². The Morgan fingerprint density at radius 3 is 3.00 bits per heavy atom. The third kappa shape index (κ3) is 3.00. The summed E-state index contributed by atoms with van der Waals surface area (Å²) < 4.78 is 13.5. The zero-order valence-electron chi connectivity index (χ0n) is 12.9. The molecule has 1 heterocycles. The SMILES string of the molecule is O=C(NCC1CC1)[C@H]1CCc2[nH]nc(-c3cccc(F)c3)c2C1. The van der Waals surface area contributed by atoms with Crippen LogP contribution in [0.3, 0.4) is 0 Å². The molecule has 2 aliphatic carbocycles. The molecule has 4 rings (SSSR count). The van der Waals surface area contributed by atoms with Crippen molar-refractivity contribution in [1.82, 2.24) is 15.5 Å². The molecule has 2 N–H and O–H groups in total. The van der Waals surface area contributed by atoms with E-state index < -0.39 is 0 Å². The summed E-state index contributed by atoms with van der Waals surface area (Å²) in [6.07, 6.45) is 4.81. The predicted octanol–water partition coefficient (Wildman–Crippen LogP) is 2.85. The molecule has 120 valence electrons. The van der Waals surface area contributed by atoms with Gasteiger partial charge in [-0.2, -0.15) is 5.10 Å². The molecule has 4 nitrogen and oxygen atoms in total. The molecule has 0 bridgehead atoms. The standard InChI is InChI=1S/C18H20FN3O/c19-14-3-1-2-12(8-14)17-15-9-13(6-7-16(15)21-22-17)18(23)20-10-11-4-5-11/h1-3,8,11,13H,4-7,9-10H2,(H,20,23)(H,21,22)/t13-/m0/s1. The van der Waals surface area contributed by atoms with Crippen molar-refractivity contribution in [2.45, 2.75) is 32.1 Å². The zero-order valence-corrected chi connectivity index (χ0v) is 12.9. The van der Waals surface area contributed by atoms with E-state index in [4.69, 9.17) is 0 Å². The quantitative estimate of drug-likeness (QED) is 0.912. The van der Waals surface area contributed by atoms with Crippen LogP contribution in [0.2, 0.25) is 0 Å². The number of hydrogen-bond donors (Lipinski definition) is 2. The number of carbonyl (C=O) groups excluding carboxylic acids is 1. The molecule has 2 aromatic rings. The molecular weight excluding hydrogens is 293 g/mol. The fraction of sp³-hybridized carbons (Fsp3) is 0.444. The lowest BCUT2D eigenvalue weighted by molar-refractivity contribution is -0.125. The van der Waals surface area contributed by atoms with Crippen molar-refractivity contribution in [2.24, 2.45) is 11.8 Å². The molecule has 1 saturated carbocycles. The molecule has 0 spiro atoms. The van der Waals surface area contributed by atoms with Crippen molar-refractivity contribution in [2.75, 3.05) is 6.54 Å². The number of benzene rings is 1. The van der Waals surface area contributed by atoms with Gasteiger partial charge in [-0.05, 0) is 50.2 Å². The molecule has 2 aliphatic rings. The third-order valence-electron chi connectivity index (χ3n) is 4.88. The van der Waals surface area contributed by atoms with Gasteiger partial charge in [-0.15, -0.1) is 0 Å². The number of H-pyrrole nitrogens is 1. The average molecular weight is 313 g/mol. The summed E-state index contributed by atoms with van der Waals surface area (Å²) in [4.78, 5) is 12.4. The minimum Gasteiger partial charge on any atom is -0.356 e. The van der Waals surface area contributed by atoms with Crippen LogP contribution in [0.25, 0.3) is 11.3 Å². The van der Waals surface area contributed by atoms with Crippen LogP contribution < -0.4 is 5.32 Å². The Morgan fingerprint density at radius 1 is 1.35 bits per heavy atom. The van der Waals surface area contributed by atoms with E-state index in [0.29, 0.717) is 12.3 Å². The molecule has 1 atom stereocenters. The predicted molar refractivity (Wildman–Crippen MR) is 85.2 cm³/mol. The molecular formula is C18H20FN3O. The van der Waals surface area contributed by atoms with Gasteiger partial charge in [0.15, 0.2) is 0 Å². The summed E-state index contributed by atoms with van der Waals surface area (Å²) in [6.45, 7) is 0.810. The number of aromatic nitrogens is 2. The summed E-state index contributed by atoms with van der Waals surface area (Å²) >= 11 is 0. The first kappa shape index (κ1) is 14.4. The van der Waals surface area contributed by atoms with Gasteiger partial charge in [0, 0.05) is 29.3 Å². The van der Waals surface area contributed by atoms with E-state index in [9.17, 15) is 9.18 Å². The van der Waals surface area contributed by atoms with Gasteiger partial charge in [-0.1, -0.05) is 12.1 Å². The molecule has 5 heteroatoms. The van der Waals surface area contributed by atoms with Gasteiger partial charge in [0.2, 0.25) is 5.91 Å². The lowest BCUT2D eigenvalue weighted by Gasteiger charge is -2.22. The Morgan fingerprint density at radius 2 is 2.22 bits per heavy atom. The summed E-state index contributed by atoms with van der Waals surface area (Å²) in [7, 11) is 0. The normalized spacial score (nSPS) is 20.1. The second kappa shape index (κ2) is 5.80. The highest BCUT2D eigenvalue weighted by Gasteiger charge is 2.30. The second-order valence-electron chi connectivity index (χ2n) is 6.67. The minimum atomic E-state index is -0.270. The topological polar surface area (TPSA) is 57.8 Å². The van der Waals surface area contributed by atoms with Crippen molar-refractivity contribution < 1.29 is 9.18 Å². The van der Waals surface area contributed by atoms with Gasteiger partial charge in [0.25, 0.3) is 0 Å². The molecule has 1 fully saturated rings. The summed E-state index contributed by atoms with van der Waals surface area (Å²) in [5.41, 5.74) is 3.68. The summed E-state index contributed by atoms with van der Waals surface area (Å²) in [5, 5.41) is 10.5. The smallest absolute Gasteiger partial charge is 0.223 e. The van der Waals surface area contributed by atoms with Gasteiger partial charge in [0.05, 0.1) is 5.69 Å². The van der Waals surface area contributed by atoms with Gasteiger partial charge in [-0.3, -0.25) is 9.89 Å². The maximum absolute atomic E-state index is 13.5. The van der Waals surface area contributed by atoms with Gasteiger partial charge < -0.3 is 5.32 Å². The Bertz CT molecular complexity index is 736. The fourth-order valence-corrected chi connectivity index (χ4v) is 3.30. The van der Waals surface area contributed by atoms with Gasteiger partial charge in [0.1, 0.15) is 5.82 Å². The maximum Gasteiger partial charge on any atom is 0.223 e. The monoisotopic (exact) mass is 313 g/mol. The second-order valence-corrected chi connectivity index (χ2v) is 6.67. The van der Waals surface area contributed by atoms with Gasteiger partial charge in [-0.25, -0.2) is 4.39 Å². The first-order valence-corrected chi connectivity index (χ1v) is 8.30. The van der Waals surface area contributed by atoms with Crippen molar-refractivity contribution in [1.29, 1.82) is 0 Å². The highest BCUT2D eigenvalue weighted by Crippen LogP contribution is 2.33. The van der Waals surface area contributed by atoms with Crippen LogP contribution in [0.4, 0.5) is 4.39 Å². The molecule has 1 aromatic carbocycles. The first-order chi connectivity index (χ1) is 11.2. The maximum atomic E-state index is 13.5. The van der Waals surface area contributed by atoms with Crippen LogP contribution in [0.15, 0.2) is 24.3 Å². The average Bonchev–Trinajstić information content (AvgIpc) is 3.29. The number of rotatable bonds is 4. The number of aryl methyl sites for hydroxylation is 1. The molecule has 1 aromatic heterocycles. The largest absolute Gasteiger partial charge is 0.356 e. The number of halogens is 1. The number of nitrogens with zero attached hydrogens (tertiary/aromatic N) is 1. The molecule has 0 unspecified atom stereocenters. The molecule has 0 saturated heterocycles. The Kier molecular flexibility index (Phi) is 3.63. The molecule has 23 heavy (non-hydrogen) atoms. The number of nitrogens with one attached hydrogen (secondary N) is 2. The Balaban J connectivity index is 1.53. The van der Waals surface area contributed by atoms with Crippen LogP contribution in [0.5, 0.6) is 0 Å². The molecule has 1 amide bonds. The molecule has 0 radical (unpaired) electrons. The van der Waals surface area contributed by atoms with Crippen molar-refractivity contribution in [3.05, 3.63) is 41.3 Å². The number of fused-ring (bicyclic) bond motifs is 1. The Labute approximate surface area is 134 Å². The minimum absolute atomic E-state index is 0.00819. The summed E-state index contributed by atoms with van der Waals surface area (Å²) in [5.74, 6) is 0.559. The van der Waals surface area contributed by atoms with Crippen LogP contribution >= 0.6 is 0 Å². The number of hydrogen-bond acceptors (Lipinski definition) is 2. The third-order valence-corrected chi connectivity index (χ3v) is 4.88. The van der Waals surface area contributed by atoms with Crippen molar-refractivity contribution in [3.8, 4) is 11.3 Å². The van der Waals surface area contributed by atoms with Crippen LogP contribution in [-0.4, -0.2) is 22.6 Å². The highest BCUT2D eigenvalue weighted by molar-refractivity contribution is 5.80. The lowest BCUT2D eigenvalue weighted by Crippen LogP contribution is -2.35. The van der Waals surface area contributed by atoms with E-state index in [0.717, 1.165) is 41.9 Å². The van der Waals surface area contributed by atoms with E-state index in [1.54, 1.807) is 6.07 Å². The Hall–Kier alpha value is -2.17.